The van der Waals surface area contributed by atoms with Crippen LogP contribution >= 0.6 is 27.5 Å². The summed E-state index contributed by atoms with van der Waals surface area (Å²) in [4.78, 5) is 10.7. The quantitative estimate of drug-likeness (QED) is 0.793. The summed E-state index contributed by atoms with van der Waals surface area (Å²) in [5, 5.41) is 12.1. The van der Waals surface area contributed by atoms with E-state index in [1.807, 2.05) is 0 Å². The fraction of sp³-hybridized carbons (Fsp3) is 0.222. The summed E-state index contributed by atoms with van der Waals surface area (Å²) in [6.07, 6.45) is 0. The number of nitrogens with one attached hydrogen (secondary N) is 1. The van der Waals surface area contributed by atoms with Gasteiger partial charge in [-0.15, -0.1) is 0 Å². The second-order valence-corrected chi connectivity index (χ2v) is 4.16. The molecule has 1 unspecified atom stereocenters. The maximum atomic E-state index is 10.7. The van der Waals surface area contributed by atoms with E-state index in [-0.39, 0.29) is 6.54 Å². The molecule has 1 rings (SSSR count). The fourth-order valence-corrected chi connectivity index (χ4v) is 1.44. The maximum absolute atomic E-state index is 10.7. The number of carbonyl (C=O) groups is 1. The van der Waals surface area contributed by atoms with Crippen LogP contribution in [-0.2, 0) is 4.79 Å². The number of hydrogen-bond donors (Lipinski definition) is 3. The van der Waals surface area contributed by atoms with Crippen molar-refractivity contribution in [3.05, 3.63) is 27.7 Å². The third-order valence-electron chi connectivity index (χ3n) is 1.79. The molecule has 4 N–H and O–H groups in total. The van der Waals surface area contributed by atoms with Crippen molar-refractivity contribution in [2.24, 2.45) is 5.73 Å². The summed E-state index contributed by atoms with van der Waals surface area (Å²) < 4.78 is 0.759. The van der Waals surface area contributed by atoms with Gasteiger partial charge in [-0.3, -0.25) is 0 Å². The Morgan fingerprint density at radius 3 is 2.80 bits per heavy atom. The first-order chi connectivity index (χ1) is 7.04. The van der Waals surface area contributed by atoms with E-state index in [4.69, 9.17) is 22.4 Å². The van der Waals surface area contributed by atoms with Crippen molar-refractivity contribution in [2.75, 3.05) is 11.9 Å². The molecule has 0 amide bonds. The molecular weight excluding hydrogens is 283 g/mol. The highest BCUT2D eigenvalue weighted by Crippen LogP contribution is 2.25. The summed E-state index contributed by atoms with van der Waals surface area (Å²) in [6, 6.07) is 4.29. The molecule has 0 radical (unpaired) electrons. The Hall–Kier alpha value is -0.780. The summed E-state index contributed by atoms with van der Waals surface area (Å²) >= 11 is 9.10. The first kappa shape index (κ1) is 12.3. The molecule has 0 aliphatic rings. The van der Waals surface area contributed by atoms with Crippen LogP contribution in [0.1, 0.15) is 0 Å². The Balaban J connectivity index is 2.80. The van der Waals surface area contributed by atoms with Crippen LogP contribution in [0.4, 0.5) is 5.69 Å². The summed E-state index contributed by atoms with van der Waals surface area (Å²) in [6.45, 7) is 0.0169. The standard InChI is InChI=1S/C9H10BrClN2O2/c10-6-2-1-5(3-7(6)11)13-8(4-12)9(14)15/h1-3,8,13H,4,12H2,(H,14,15). The largest absolute Gasteiger partial charge is 0.480 e. The minimum atomic E-state index is -0.989. The van der Waals surface area contributed by atoms with Gasteiger partial charge in [0.15, 0.2) is 0 Å². The van der Waals surface area contributed by atoms with Gasteiger partial charge in [-0.25, -0.2) is 4.79 Å². The lowest BCUT2D eigenvalue weighted by atomic mass is 10.2. The summed E-state index contributed by atoms with van der Waals surface area (Å²) in [5.74, 6) is -0.989. The molecule has 0 saturated carbocycles. The van der Waals surface area contributed by atoms with E-state index in [9.17, 15) is 4.79 Å². The zero-order valence-corrected chi connectivity index (χ0v) is 10.0. The molecule has 1 aromatic rings. The van der Waals surface area contributed by atoms with E-state index in [0.29, 0.717) is 10.7 Å². The van der Waals surface area contributed by atoms with Gasteiger partial charge in [0.25, 0.3) is 0 Å². The predicted molar refractivity (Wildman–Crippen MR) is 63.3 cm³/mol. The second-order valence-electron chi connectivity index (χ2n) is 2.90. The predicted octanol–water partition coefficient (Wildman–Crippen LogP) is 1.93. The number of benzene rings is 1. The number of carboxylic acids is 1. The average molecular weight is 294 g/mol. The van der Waals surface area contributed by atoms with Crippen molar-refractivity contribution in [1.82, 2.24) is 0 Å². The van der Waals surface area contributed by atoms with Crippen LogP contribution in [0, 0.1) is 0 Å². The summed E-state index contributed by atoms with van der Waals surface area (Å²) in [5.41, 5.74) is 5.93. The molecular formula is C9H10BrClN2O2. The van der Waals surface area contributed by atoms with Gasteiger partial charge < -0.3 is 16.2 Å². The van der Waals surface area contributed by atoms with Crippen molar-refractivity contribution >= 4 is 39.2 Å². The zero-order chi connectivity index (χ0) is 11.4. The number of rotatable bonds is 4. The van der Waals surface area contributed by atoms with Gasteiger partial charge >= 0.3 is 5.97 Å². The third-order valence-corrected chi connectivity index (χ3v) is 3.03. The van der Waals surface area contributed by atoms with Crippen molar-refractivity contribution in [3.8, 4) is 0 Å². The molecule has 15 heavy (non-hydrogen) atoms. The highest BCUT2D eigenvalue weighted by Gasteiger charge is 2.14. The molecule has 0 spiro atoms. The first-order valence-electron chi connectivity index (χ1n) is 4.19. The molecule has 0 heterocycles. The topological polar surface area (TPSA) is 75.3 Å². The summed E-state index contributed by atoms with van der Waals surface area (Å²) in [7, 11) is 0. The van der Waals surface area contributed by atoms with Crippen LogP contribution in [0.2, 0.25) is 5.02 Å². The van der Waals surface area contributed by atoms with Crippen molar-refractivity contribution in [3.63, 3.8) is 0 Å². The van der Waals surface area contributed by atoms with E-state index >= 15 is 0 Å². The lowest BCUT2D eigenvalue weighted by Crippen LogP contribution is -2.36. The molecule has 6 heteroatoms. The SMILES string of the molecule is NCC(Nc1ccc(Br)c(Cl)c1)C(=O)O. The number of hydrogen-bond acceptors (Lipinski definition) is 3. The van der Waals surface area contributed by atoms with E-state index < -0.39 is 12.0 Å². The molecule has 0 aromatic heterocycles. The Labute approximate surface area is 101 Å². The van der Waals surface area contributed by atoms with Crippen LogP contribution < -0.4 is 11.1 Å². The number of nitrogens with two attached hydrogens (primary N) is 1. The monoisotopic (exact) mass is 292 g/mol. The first-order valence-corrected chi connectivity index (χ1v) is 5.36. The highest BCUT2D eigenvalue weighted by atomic mass is 79.9. The lowest BCUT2D eigenvalue weighted by molar-refractivity contribution is -0.137. The van der Waals surface area contributed by atoms with Crippen LogP contribution in [0.3, 0.4) is 0 Å². The molecule has 82 valence electrons. The molecule has 0 fully saturated rings. The highest BCUT2D eigenvalue weighted by molar-refractivity contribution is 9.10. The molecule has 4 nitrogen and oxygen atoms in total. The normalized spacial score (nSPS) is 12.2. The van der Waals surface area contributed by atoms with Gasteiger partial charge in [0.05, 0.1) is 5.02 Å². The van der Waals surface area contributed by atoms with Crippen LogP contribution in [0.5, 0.6) is 0 Å². The van der Waals surface area contributed by atoms with Gasteiger partial charge in [-0.1, -0.05) is 11.6 Å². The van der Waals surface area contributed by atoms with Gasteiger partial charge in [0, 0.05) is 16.7 Å². The number of carboxylic acid groups (broad SMARTS) is 1. The van der Waals surface area contributed by atoms with Gasteiger partial charge in [-0.05, 0) is 34.1 Å². The lowest BCUT2D eigenvalue weighted by Gasteiger charge is -2.13. The third kappa shape index (κ3) is 3.37. The smallest absolute Gasteiger partial charge is 0.327 e. The Morgan fingerprint density at radius 2 is 2.33 bits per heavy atom. The van der Waals surface area contributed by atoms with Gasteiger partial charge in [0.1, 0.15) is 6.04 Å². The van der Waals surface area contributed by atoms with Gasteiger partial charge in [0.2, 0.25) is 0 Å². The van der Waals surface area contributed by atoms with Crippen molar-refractivity contribution in [2.45, 2.75) is 6.04 Å². The average Bonchev–Trinajstić information content (AvgIpc) is 2.19. The van der Waals surface area contributed by atoms with E-state index in [1.165, 1.54) is 0 Å². The van der Waals surface area contributed by atoms with E-state index in [1.54, 1.807) is 18.2 Å². The van der Waals surface area contributed by atoms with E-state index in [0.717, 1.165) is 4.47 Å². The van der Waals surface area contributed by atoms with Crippen molar-refractivity contribution in [1.29, 1.82) is 0 Å². The molecule has 0 aliphatic heterocycles. The fourth-order valence-electron chi connectivity index (χ4n) is 1.01. The number of halogens is 2. The molecule has 0 bridgehead atoms. The molecule has 1 aromatic carbocycles. The minimum absolute atomic E-state index is 0.0169. The van der Waals surface area contributed by atoms with Gasteiger partial charge in [-0.2, -0.15) is 0 Å². The zero-order valence-electron chi connectivity index (χ0n) is 7.71. The van der Waals surface area contributed by atoms with Crippen LogP contribution in [-0.4, -0.2) is 23.7 Å². The Morgan fingerprint density at radius 1 is 1.67 bits per heavy atom. The number of aliphatic carboxylic acids is 1. The maximum Gasteiger partial charge on any atom is 0.327 e. The Kier molecular flexibility index (Phi) is 4.38. The number of anilines is 1. The molecule has 1 atom stereocenters. The second kappa shape index (κ2) is 5.34. The van der Waals surface area contributed by atoms with Crippen LogP contribution in [0.25, 0.3) is 0 Å². The molecule has 0 aliphatic carbocycles. The molecule has 0 saturated heterocycles. The minimum Gasteiger partial charge on any atom is -0.480 e. The Bertz CT molecular complexity index is 373. The van der Waals surface area contributed by atoms with Crippen molar-refractivity contribution < 1.29 is 9.90 Å². The van der Waals surface area contributed by atoms with Crippen LogP contribution in [0.15, 0.2) is 22.7 Å². The van der Waals surface area contributed by atoms with E-state index in [2.05, 4.69) is 21.2 Å².